The maximum Gasteiger partial charge on any atom is 0.298 e. The van der Waals surface area contributed by atoms with Crippen molar-refractivity contribution in [3.63, 3.8) is 0 Å². The fourth-order valence-corrected chi connectivity index (χ4v) is 4.84. The zero-order chi connectivity index (χ0) is 19.8. The number of carbonyl (C=O) groups is 2. The van der Waals surface area contributed by atoms with Crippen LogP contribution in [0.25, 0.3) is 6.08 Å². The van der Waals surface area contributed by atoms with Gasteiger partial charge in [0.05, 0.1) is 21.3 Å². The molecule has 142 valence electrons. The van der Waals surface area contributed by atoms with Crippen LogP contribution in [0.5, 0.6) is 0 Å². The molecule has 2 aliphatic heterocycles. The van der Waals surface area contributed by atoms with Crippen molar-refractivity contribution in [3.8, 4) is 0 Å². The Morgan fingerprint density at radius 1 is 1.00 bits per heavy atom. The monoisotopic (exact) mass is 418 g/mol. The normalized spacial score (nSPS) is 17.2. The molecule has 0 N–H and O–H groups in total. The van der Waals surface area contributed by atoms with Crippen LogP contribution in [0.2, 0.25) is 0 Å². The lowest BCUT2D eigenvalue weighted by atomic mass is 10.2. The van der Waals surface area contributed by atoms with Crippen LogP contribution >= 0.6 is 23.5 Å². The van der Waals surface area contributed by atoms with E-state index in [1.54, 1.807) is 36.4 Å². The molecule has 0 unspecified atom stereocenters. The number of nitrogens with zero attached hydrogens (tertiary/aromatic N) is 2. The number of benzene rings is 2. The van der Waals surface area contributed by atoms with Crippen molar-refractivity contribution < 1.29 is 14.0 Å². The van der Waals surface area contributed by atoms with Crippen LogP contribution in [0.15, 0.2) is 86.1 Å². The molecular formula is C22H14N2O3S2. The Kier molecular flexibility index (Phi) is 4.61. The molecule has 1 saturated heterocycles. The summed E-state index contributed by atoms with van der Waals surface area (Å²) < 4.78 is 5.84. The first kappa shape index (κ1) is 18.0. The first-order chi connectivity index (χ1) is 14.2. The van der Waals surface area contributed by atoms with E-state index in [1.165, 1.54) is 22.2 Å². The average Bonchev–Trinajstić information content (AvgIpc) is 3.41. The van der Waals surface area contributed by atoms with Crippen LogP contribution in [0.1, 0.15) is 11.3 Å². The maximum atomic E-state index is 12.7. The van der Waals surface area contributed by atoms with E-state index in [4.69, 9.17) is 4.42 Å². The number of fused-ring (bicyclic) bond motifs is 1. The predicted molar refractivity (Wildman–Crippen MR) is 117 cm³/mol. The number of amides is 2. The van der Waals surface area contributed by atoms with Gasteiger partial charge in [0.2, 0.25) is 0 Å². The van der Waals surface area contributed by atoms with Crippen LogP contribution in [0, 0.1) is 0 Å². The second-order valence-electron chi connectivity index (χ2n) is 6.42. The molecule has 0 spiro atoms. The van der Waals surface area contributed by atoms with Gasteiger partial charge in [-0.1, -0.05) is 36.4 Å². The van der Waals surface area contributed by atoms with Gasteiger partial charge in [-0.15, -0.1) is 0 Å². The molecule has 3 heterocycles. The summed E-state index contributed by atoms with van der Waals surface area (Å²) in [5.41, 5.74) is 2.76. The number of rotatable bonds is 3. The summed E-state index contributed by atoms with van der Waals surface area (Å²) in [6.45, 7) is 0. The molecule has 0 radical (unpaired) electrons. The summed E-state index contributed by atoms with van der Waals surface area (Å²) in [5.74, 6) is 0.189. The van der Waals surface area contributed by atoms with Gasteiger partial charge in [-0.05, 0) is 59.4 Å². The van der Waals surface area contributed by atoms with E-state index in [-0.39, 0.29) is 11.1 Å². The van der Waals surface area contributed by atoms with Crippen LogP contribution in [-0.2, 0) is 11.2 Å². The molecule has 5 nitrogen and oxygen atoms in total. The molecule has 2 amide bonds. The van der Waals surface area contributed by atoms with E-state index in [0.717, 1.165) is 28.9 Å². The van der Waals surface area contributed by atoms with Gasteiger partial charge >= 0.3 is 0 Å². The van der Waals surface area contributed by atoms with Crippen molar-refractivity contribution in [2.24, 2.45) is 4.99 Å². The lowest BCUT2D eigenvalue weighted by molar-refractivity contribution is -0.113. The number of para-hydroxylation sites is 2. The van der Waals surface area contributed by atoms with Gasteiger partial charge in [0.1, 0.15) is 5.76 Å². The maximum absolute atomic E-state index is 12.7. The van der Waals surface area contributed by atoms with Crippen molar-refractivity contribution in [1.29, 1.82) is 0 Å². The third kappa shape index (κ3) is 3.54. The van der Waals surface area contributed by atoms with Crippen LogP contribution in [0.4, 0.5) is 16.2 Å². The molecule has 7 heteroatoms. The largest absolute Gasteiger partial charge is 0.450 e. The first-order valence-corrected chi connectivity index (χ1v) is 10.6. The Morgan fingerprint density at radius 3 is 2.62 bits per heavy atom. The molecule has 0 saturated carbocycles. The number of anilines is 1. The third-order valence-electron chi connectivity index (χ3n) is 4.48. The van der Waals surface area contributed by atoms with E-state index < -0.39 is 0 Å². The number of furan rings is 1. The van der Waals surface area contributed by atoms with Crippen molar-refractivity contribution in [2.45, 2.75) is 11.5 Å². The second-order valence-corrected chi connectivity index (χ2v) is 8.49. The van der Waals surface area contributed by atoms with Gasteiger partial charge in [0, 0.05) is 12.5 Å². The standard InChI is InChI=1S/C22H14N2O3S2/c25-21-18(28-22(26)24(21)15-7-2-1-3-8-15)13-16-10-11-20(27-16)29-19-12-14-6-4-5-9-17(14)23-19/h1-11,13H,12H2. The van der Waals surface area contributed by atoms with Crippen molar-refractivity contribution in [2.75, 3.05) is 4.90 Å². The third-order valence-corrected chi connectivity index (χ3v) is 6.24. The molecule has 2 aromatic carbocycles. The number of imide groups is 1. The van der Waals surface area contributed by atoms with Gasteiger partial charge in [-0.25, -0.2) is 9.89 Å². The van der Waals surface area contributed by atoms with Crippen LogP contribution in [-0.4, -0.2) is 16.2 Å². The van der Waals surface area contributed by atoms with Gasteiger partial charge in [-0.3, -0.25) is 9.59 Å². The Balaban J connectivity index is 1.32. The molecule has 5 rings (SSSR count). The molecule has 1 aromatic heterocycles. The number of carbonyl (C=O) groups excluding carboxylic acids is 2. The first-order valence-electron chi connectivity index (χ1n) is 8.93. The number of aliphatic imine (C=N–C) groups is 1. The molecule has 2 aliphatic rings. The van der Waals surface area contributed by atoms with E-state index in [2.05, 4.69) is 11.1 Å². The number of thioether (sulfide) groups is 2. The lowest BCUT2D eigenvalue weighted by Crippen LogP contribution is -2.27. The van der Waals surface area contributed by atoms with Gasteiger partial charge in [0.15, 0.2) is 5.09 Å². The number of hydrogen-bond acceptors (Lipinski definition) is 6. The molecule has 3 aromatic rings. The van der Waals surface area contributed by atoms with E-state index in [9.17, 15) is 9.59 Å². The minimum atomic E-state index is -0.340. The fraction of sp³-hybridized carbons (Fsp3) is 0.0455. The summed E-state index contributed by atoms with van der Waals surface area (Å²) in [5, 5.41) is 1.35. The van der Waals surface area contributed by atoms with E-state index in [1.807, 2.05) is 30.3 Å². The van der Waals surface area contributed by atoms with E-state index in [0.29, 0.717) is 21.4 Å². The summed E-state index contributed by atoms with van der Waals surface area (Å²) in [6.07, 6.45) is 2.40. The molecular weight excluding hydrogens is 404 g/mol. The molecule has 1 fully saturated rings. The molecule has 0 atom stereocenters. The fourth-order valence-electron chi connectivity index (χ4n) is 3.14. The molecule has 29 heavy (non-hydrogen) atoms. The highest BCUT2D eigenvalue weighted by Crippen LogP contribution is 2.37. The van der Waals surface area contributed by atoms with Crippen LogP contribution in [0.3, 0.4) is 0 Å². The Hall–Kier alpha value is -3.03. The Morgan fingerprint density at radius 2 is 1.79 bits per heavy atom. The zero-order valence-electron chi connectivity index (χ0n) is 15.1. The van der Waals surface area contributed by atoms with Gasteiger partial charge in [-0.2, -0.15) is 0 Å². The highest BCUT2D eigenvalue weighted by atomic mass is 32.2. The van der Waals surface area contributed by atoms with Gasteiger partial charge < -0.3 is 4.42 Å². The predicted octanol–water partition coefficient (Wildman–Crippen LogP) is 5.90. The van der Waals surface area contributed by atoms with Crippen molar-refractivity contribution in [1.82, 2.24) is 0 Å². The minimum Gasteiger partial charge on any atom is -0.450 e. The van der Waals surface area contributed by atoms with Crippen molar-refractivity contribution in [3.05, 3.63) is 83.0 Å². The van der Waals surface area contributed by atoms with Gasteiger partial charge in [0.25, 0.3) is 11.1 Å². The second kappa shape index (κ2) is 7.42. The summed E-state index contributed by atoms with van der Waals surface area (Å²) in [4.78, 5) is 31.1. The van der Waals surface area contributed by atoms with Crippen molar-refractivity contribution >= 4 is 57.2 Å². The topological polar surface area (TPSA) is 62.9 Å². The highest BCUT2D eigenvalue weighted by Gasteiger charge is 2.36. The highest BCUT2D eigenvalue weighted by molar-refractivity contribution is 8.19. The summed E-state index contributed by atoms with van der Waals surface area (Å²) >= 11 is 2.38. The summed E-state index contributed by atoms with van der Waals surface area (Å²) in [6, 6.07) is 20.6. The lowest BCUT2D eigenvalue weighted by Gasteiger charge is -2.11. The van der Waals surface area contributed by atoms with Crippen LogP contribution < -0.4 is 4.90 Å². The summed E-state index contributed by atoms with van der Waals surface area (Å²) in [7, 11) is 0. The molecule has 0 aliphatic carbocycles. The Labute approximate surface area is 175 Å². The Bertz CT molecular complexity index is 1180. The van der Waals surface area contributed by atoms with E-state index >= 15 is 0 Å². The quantitative estimate of drug-likeness (QED) is 0.496. The SMILES string of the molecule is O=C1SC(=Cc2ccc(SC3=Nc4ccccc4C3)o2)C(=O)N1c1ccccc1. The number of hydrogen-bond donors (Lipinski definition) is 0. The molecule has 0 bridgehead atoms. The smallest absolute Gasteiger partial charge is 0.298 e. The average molecular weight is 418 g/mol. The minimum absolute atomic E-state index is 0.313. The zero-order valence-corrected chi connectivity index (χ0v) is 16.7.